The molecule has 0 aliphatic carbocycles. The van der Waals surface area contributed by atoms with Crippen molar-refractivity contribution in [3.05, 3.63) is 34.9 Å². The lowest BCUT2D eigenvalue weighted by molar-refractivity contribution is -0.122. The first-order valence-corrected chi connectivity index (χ1v) is 5.92. The van der Waals surface area contributed by atoms with Gasteiger partial charge in [-0.2, -0.15) is 0 Å². The predicted molar refractivity (Wildman–Crippen MR) is 63.7 cm³/mol. The summed E-state index contributed by atoms with van der Waals surface area (Å²) in [4.78, 5) is 12.0. The average Bonchev–Trinajstić information content (AvgIpc) is 2.68. The van der Waals surface area contributed by atoms with Gasteiger partial charge in [0.15, 0.2) is 0 Å². The minimum absolute atomic E-state index is 0.0475. The number of carbonyl (C=O) groups excluding carboxylic acids is 1. The quantitative estimate of drug-likeness (QED) is 0.810. The fraction of sp³-hybridized carbons (Fsp3) is 0.462. The van der Waals surface area contributed by atoms with Gasteiger partial charge in [-0.25, -0.2) is 0 Å². The predicted octanol–water partition coefficient (Wildman–Crippen LogP) is 2.88. The van der Waals surface area contributed by atoms with Crippen molar-refractivity contribution in [2.45, 2.75) is 25.9 Å². The molecule has 0 aromatic heterocycles. The summed E-state index contributed by atoms with van der Waals surface area (Å²) in [5, 5.41) is 0.669. The van der Waals surface area contributed by atoms with Gasteiger partial charge in [0.1, 0.15) is 5.78 Å². The second-order valence-electron chi connectivity index (χ2n) is 4.31. The molecule has 1 aliphatic rings. The number of hydrogen-bond acceptors (Lipinski definition) is 2. The summed E-state index contributed by atoms with van der Waals surface area (Å²) in [5.74, 6) is 0.281. The van der Waals surface area contributed by atoms with Crippen molar-refractivity contribution in [1.29, 1.82) is 0 Å². The second-order valence-corrected chi connectivity index (χ2v) is 4.72. The van der Waals surface area contributed by atoms with Gasteiger partial charge in [0.05, 0.1) is 12.7 Å². The van der Waals surface area contributed by atoms with Crippen LogP contribution in [0.1, 0.15) is 18.9 Å². The van der Waals surface area contributed by atoms with Crippen molar-refractivity contribution in [1.82, 2.24) is 0 Å². The molecule has 0 N–H and O–H groups in total. The Bertz CT molecular complexity index is 389. The van der Waals surface area contributed by atoms with E-state index in [1.165, 1.54) is 0 Å². The Hall–Kier alpha value is -0.860. The van der Waals surface area contributed by atoms with Crippen LogP contribution in [0.15, 0.2) is 24.3 Å². The first-order valence-electron chi connectivity index (χ1n) is 5.54. The third-order valence-electron chi connectivity index (χ3n) is 2.98. The molecule has 3 heteroatoms. The zero-order valence-electron chi connectivity index (χ0n) is 9.28. The Morgan fingerprint density at radius 2 is 2.25 bits per heavy atom. The molecule has 1 fully saturated rings. The van der Waals surface area contributed by atoms with Crippen LogP contribution in [-0.2, 0) is 16.0 Å². The molecular formula is C13H15ClO2. The fourth-order valence-corrected chi connectivity index (χ4v) is 2.22. The Morgan fingerprint density at radius 3 is 2.88 bits per heavy atom. The second kappa shape index (κ2) is 4.98. The van der Waals surface area contributed by atoms with Crippen LogP contribution in [0, 0.1) is 5.92 Å². The Balaban J connectivity index is 2.00. The summed E-state index contributed by atoms with van der Waals surface area (Å²) in [6.45, 7) is 2.56. The van der Waals surface area contributed by atoms with Crippen LogP contribution in [-0.4, -0.2) is 18.5 Å². The zero-order chi connectivity index (χ0) is 11.5. The van der Waals surface area contributed by atoms with Crippen molar-refractivity contribution < 1.29 is 9.53 Å². The largest absolute Gasteiger partial charge is 0.378 e. The van der Waals surface area contributed by atoms with Crippen molar-refractivity contribution in [3.63, 3.8) is 0 Å². The maximum atomic E-state index is 12.0. The van der Waals surface area contributed by atoms with Crippen LogP contribution in [0.2, 0.25) is 5.02 Å². The molecule has 0 bridgehead atoms. The lowest BCUT2D eigenvalue weighted by Crippen LogP contribution is -2.17. The van der Waals surface area contributed by atoms with Crippen molar-refractivity contribution in [3.8, 4) is 0 Å². The van der Waals surface area contributed by atoms with Crippen LogP contribution in [0.3, 0.4) is 0 Å². The van der Waals surface area contributed by atoms with Gasteiger partial charge in [-0.3, -0.25) is 4.79 Å². The van der Waals surface area contributed by atoms with Gasteiger partial charge in [0.2, 0.25) is 0 Å². The molecule has 2 unspecified atom stereocenters. The lowest BCUT2D eigenvalue weighted by Gasteiger charge is -2.07. The number of hydrogen-bond donors (Lipinski definition) is 0. The molecule has 0 spiro atoms. The minimum Gasteiger partial charge on any atom is -0.378 e. The van der Waals surface area contributed by atoms with Crippen LogP contribution in [0.4, 0.5) is 0 Å². The summed E-state index contributed by atoms with van der Waals surface area (Å²) in [5.41, 5.74) is 0.911. The van der Waals surface area contributed by atoms with Crippen LogP contribution >= 0.6 is 11.6 Å². The fourth-order valence-electron chi connectivity index (χ4n) is 2.02. The highest BCUT2D eigenvalue weighted by molar-refractivity contribution is 6.31. The van der Waals surface area contributed by atoms with Crippen LogP contribution in [0.25, 0.3) is 0 Å². The van der Waals surface area contributed by atoms with Gasteiger partial charge in [-0.15, -0.1) is 0 Å². The SMILES string of the molecule is CC1CC(C(=O)Cc2ccccc2Cl)CO1. The zero-order valence-corrected chi connectivity index (χ0v) is 10.0. The summed E-state index contributed by atoms with van der Waals surface area (Å²) in [6, 6.07) is 7.50. The molecule has 1 heterocycles. The number of ketones is 1. The van der Waals surface area contributed by atoms with E-state index in [1.807, 2.05) is 31.2 Å². The van der Waals surface area contributed by atoms with Crippen molar-refractivity contribution in [2.24, 2.45) is 5.92 Å². The number of ether oxygens (including phenoxy) is 1. The standard InChI is InChI=1S/C13H15ClO2/c1-9-6-11(8-16-9)13(15)7-10-4-2-3-5-12(10)14/h2-5,9,11H,6-8H2,1H3. The number of benzene rings is 1. The first-order chi connectivity index (χ1) is 7.66. The molecule has 0 saturated carbocycles. The Labute approximate surface area is 101 Å². The van der Waals surface area contributed by atoms with E-state index in [9.17, 15) is 4.79 Å². The summed E-state index contributed by atoms with van der Waals surface area (Å²) < 4.78 is 5.40. The van der Waals surface area contributed by atoms with Gasteiger partial charge in [-0.05, 0) is 25.0 Å². The van der Waals surface area contributed by atoms with Crippen LogP contribution < -0.4 is 0 Å². The molecule has 1 aromatic carbocycles. The minimum atomic E-state index is 0.0475. The van der Waals surface area contributed by atoms with Crippen LogP contribution in [0.5, 0.6) is 0 Å². The van der Waals surface area contributed by atoms with E-state index in [4.69, 9.17) is 16.3 Å². The summed E-state index contributed by atoms with van der Waals surface area (Å²) in [6.07, 6.45) is 1.46. The van der Waals surface area contributed by atoms with E-state index < -0.39 is 0 Å². The smallest absolute Gasteiger partial charge is 0.142 e. The van der Waals surface area contributed by atoms with E-state index in [-0.39, 0.29) is 17.8 Å². The summed E-state index contributed by atoms with van der Waals surface area (Å²) >= 11 is 6.02. The van der Waals surface area contributed by atoms with Crippen molar-refractivity contribution >= 4 is 17.4 Å². The van der Waals surface area contributed by atoms with Gasteiger partial charge < -0.3 is 4.74 Å². The molecular weight excluding hydrogens is 224 g/mol. The number of rotatable bonds is 3. The Kier molecular flexibility index (Phi) is 3.62. The Morgan fingerprint density at radius 1 is 1.50 bits per heavy atom. The third-order valence-corrected chi connectivity index (χ3v) is 3.34. The van der Waals surface area contributed by atoms with E-state index >= 15 is 0 Å². The molecule has 1 aliphatic heterocycles. The van der Waals surface area contributed by atoms with Gasteiger partial charge >= 0.3 is 0 Å². The monoisotopic (exact) mass is 238 g/mol. The molecule has 1 saturated heterocycles. The molecule has 86 valence electrons. The number of Topliss-reactive ketones (excluding diaryl/α,β-unsaturated/α-hetero) is 1. The highest BCUT2D eigenvalue weighted by atomic mass is 35.5. The van der Waals surface area contributed by atoms with Gasteiger partial charge in [-0.1, -0.05) is 29.8 Å². The van der Waals surface area contributed by atoms with Gasteiger partial charge in [0.25, 0.3) is 0 Å². The topological polar surface area (TPSA) is 26.3 Å². The molecule has 0 amide bonds. The molecule has 0 radical (unpaired) electrons. The maximum absolute atomic E-state index is 12.0. The molecule has 16 heavy (non-hydrogen) atoms. The molecule has 2 rings (SSSR count). The highest BCUT2D eigenvalue weighted by Crippen LogP contribution is 2.23. The molecule has 2 atom stereocenters. The summed E-state index contributed by atoms with van der Waals surface area (Å²) in [7, 11) is 0. The van der Waals surface area contributed by atoms with E-state index in [1.54, 1.807) is 0 Å². The number of carbonyl (C=O) groups is 1. The van der Waals surface area contributed by atoms with Crippen molar-refractivity contribution in [2.75, 3.05) is 6.61 Å². The van der Waals surface area contributed by atoms with Gasteiger partial charge in [0, 0.05) is 17.4 Å². The average molecular weight is 239 g/mol. The van der Waals surface area contributed by atoms with E-state index in [0.717, 1.165) is 12.0 Å². The van der Waals surface area contributed by atoms with E-state index in [2.05, 4.69) is 0 Å². The number of halogens is 1. The molecule has 1 aromatic rings. The normalized spacial score (nSPS) is 24.6. The lowest BCUT2D eigenvalue weighted by atomic mass is 9.96. The highest BCUT2D eigenvalue weighted by Gasteiger charge is 2.28. The maximum Gasteiger partial charge on any atom is 0.142 e. The van der Waals surface area contributed by atoms with E-state index in [0.29, 0.717) is 18.1 Å². The third kappa shape index (κ3) is 2.63. The molecule has 2 nitrogen and oxygen atoms in total. The first kappa shape index (κ1) is 11.6.